The SMILES string of the molecule is COC(=O)C(O)C(O)c1cccc(CCN)c1. The topological polar surface area (TPSA) is 92.8 Å². The normalized spacial score (nSPS) is 14.1. The Hall–Kier alpha value is -1.43. The first kappa shape index (κ1) is 13.6. The van der Waals surface area contributed by atoms with Crippen molar-refractivity contribution in [3.05, 3.63) is 35.4 Å². The monoisotopic (exact) mass is 239 g/mol. The summed E-state index contributed by atoms with van der Waals surface area (Å²) in [6, 6.07) is 6.96. The molecule has 5 nitrogen and oxygen atoms in total. The van der Waals surface area contributed by atoms with Crippen molar-refractivity contribution in [2.45, 2.75) is 18.6 Å². The highest BCUT2D eigenvalue weighted by molar-refractivity contribution is 5.75. The fourth-order valence-corrected chi connectivity index (χ4v) is 1.53. The van der Waals surface area contributed by atoms with E-state index in [1.54, 1.807) is 18.2 Å². The molecule has 0 fully saturated rings. The molecule has 0 saturated heterocycles. The molecule has 0 bridgehead atoms. The van der Waals surface area contributed by atoms with E-state index in [0.29, 0.717) is 18.5 Å². The van der Waals surface area contributed by atoms with Gasteiger partial charge >= 0.3 is 5.97 Å². The summed E-state index contributed by atoms with van der Waals surface area (Å²) < 4.78 is 4.36. The van der Waals surface area contributed by atoms with Crippen LogP contribution in [0, 0.1) is 0 Å². The van der Waals surface area contributed by atoms with Gasteiger partial charge in [-0.25, -0.2) is 4.79 Å². The van der Waals surface area contributed by atoms with Crippen LogP contribution in [0.4, 0.5) is 0 Å². The van der Waals surface area contributed by atoms with Crippen molar-refractivity contribution in [1.29, 1.82) is 0 Å². The molecule has 2 unspecified atom stereocenters. The van der Waals surface area contributed by atoms with Crippen LogP contribution in [0.3, 0.4) is 0 Å². The number of nitrogens with two attached hydrogens (primary N) is 1. The van der Waals surface area contributed by atoms with E-state index >= 15 is 0 Å². The largest absolute Gasteiger partial charge is 0.467 e. The summed E-state index contributed by atoms with van der Waals surface area (Å²) in [5.41, 5.74) is 6.84. The Labute approximate surface area is 99.8 Å². The van der Waals surface area contributed by atoms with Gasteiger partial charge in [-0.3, -0.25) is 0 Å². The zero-order valence-electron chi connectivity index (χ0n) is 9.67. The third-order valence-electron chi connectivity index (χ3n) is 2.47. The predicted octanol–water partition coefficient (Wildman–Crippen LogP) is -0.245. The number of hydrogen-bond acceptors (Lipinski definition) is 5. The number of methoxy groups -OCH3 is 1. The minimum atomic E-state index is -1.58. The van der Waals surface area contributed by atoms with E-state index in [1.165, 1.54) is 0 Å². The highest BCUT2D eigenvalue weighted by Crippen LogP contribution is 2.19. The van der Waals surface area contributed by atoms with Crippen LogP contribution in [0.5, 0.6) is 0 Å². The third-order valence-corrected chi connectivity index (χ3v) is 2.47. The Morgan fingerprint density at radius 2 is 2.18 bits per heavy atom. The van der Waals surface area contributed by atoms with Gasteiger partial charge in [0.2, 0.25) is 0 Å². The average molecular weight is 239 g/mol. The Morgan fingerprint density at radius 3 is 2.76 bits per heavy atom. The summed E-state index contributed by atoms with van der Waals surface area (Å²) in [6.45, 7) is 0.499. The Morgan fingerprint density at radius 1 is 1.47 bits per heavy atom. The summed E-state index contributed by atoms with van der Waals surface area (Å²) in [4.78, 5) is 11.1. The lowest BCUT2D eigenvalue weighted by atomic mass is 10.0. The lowest BCUT2D eigenvalue weighted by molar-refractivity contribution is -0.156. The molecule has 0 aliphatic heterocycles. The van der Waals surface area contributed by atoms with Gasteiger partial charge in [0, 0.05) is 0 Å². The molecule has 0 radical (unpaired) electrons. The van der Waals surface area contributed by atoms with Crippen LogP contribution in [0.15, 0.2) is 24.3 Å². The number of aliphatic hydroxyl groups is 2. The molecule has 1 rings (SSSR count). The molecule has 4 N–H and O–H groups in total. The highest BCUT2D eigenvalue weighted by Gasteiger charge is 2.26. The number of carbonyl (C=O) groups excluding carboxylic acids is 1. The molecule has 0 saturated carbocycles. The molecule has 2 atom stereocenters. The van der Waals surface area contributed by atoms with Gasteiger partial charge in [-0.2, -0.15) is 0 Å². The Bertz CT molecular complexity index is 381. The van der Waals surface area contributed by atoms with Gasteiger partial charge in [0.25, 0.3) is 0 Å². The van der Waals surface area contributed by atoms with Gasteiger partial charge in [-0.1, -0.05) is 24.3 Å². The van der Waals surface area contributed by atoms with Crippen LogP contribution < -0.4 is 5.73 Å². The summed E-state index contributed by atoms with van der Waals surface area (Å²) in [7, 11) is 1.16. The second-order valence-electron chi connectivity index (χ2n) is 3.70. The minimum absolute atomic E-state index is 0.467. The van der Waals surface area contributed by atoms with Gasteiger partial charge in [0.15, 0.2) is 6.10 Å². The van der Waals surface area contributed by atoms with Crippen molar-refractivity contribution in [3.63, 3.8) is 0 Å². The molecule has 0 heterocycles. The predicted molar refractivity (Wildman–Crippen MR) is 62.2 cm³/mol. The van der Waals surface area contributed by atoms with Crippen LogP contribution in [-0.4, -0.2) is 35.9 Å². The zero-order chi connectivity index (χ0) is 12.8. The molecule has 1 aromatic carbocycles. The number of esters is 1. The van der Waals surface area contributed by atoms with Crippen LogP contribution in [0.2, 0.25) is 0 Å². The van der Waals surface area contributed by atoms with Crippen molar-refractivity contribution < 1.29 is 19.7 Å². The molecule has 0 amide bonds. The smallest absolute Gasteiger partial charge is 0.337 e. The lowest BCUT2D eigenvalue weighted by Gasteiger charge is -2.16. The number of hydrogen-bond donors (Lipinski definition) is 3. The molecule has 0 aromatic heterocycles. The lowest BCUT2D eigenvalue weighted by Crippen LogP contribution is -2.29. The number of ether oxygens (including phenoxy) is 1. The molecule has 94 valence electrons. The van der Waals surface area contributed by atoms with E-state index in [1.807, 2.05) is 6.07 Å². The maximum Gasteiger partial charge on any atom is 0.337 e. The van der Waals surface area contributed by atoms with E-state index < -0.39 is 18.2 Å². The summed E-state index contributed by atoms with van der Waals surface area (Å²) in [6.07, 6.45) is -2.19. The molecule has 17 heavy (non-hydrogen) atoms. The van der Waals surface area contributed by atoms with Gasteiger partial charge in [-0.05, 0) is 24.1 Å². The van der Waals surface area contributed by atoms with Crippen molar-refractivity contribution in [2.24, 2.45) is 5.73 Å². The van der Waals surface area contributed by atoms with Gasteiger partial charge in [0.1, 0.15) is 6.10 Å². The van der Waals surface area contributed by atoms with Crippen molar-refractivity contribution in [1.82, 2.24) is 0 Å². The second-order valence-corrected chi connectivity index (χ2v) is 3.70. The number of aliphatic hydroxyl groups excluding tert-OH is 2. The van der Waals surface area contributed by atoms with Crippen LogP contribution in [0.25, 0.3) is 0 Å². The average Bonchev–Trinajstić information content (AvgIpc) is 2.36. The molecular formula is C12H17NO4. The Balaban J connectivity index is 2.84. The van der Waals surface area contributed by atoms with E-state index in [-0.39, 0.29) is 0 Å². The van der Waals surface area contributed by atoms with Crippen molar-refractivity contribution >= 4 is 5.97 Å². The molecular weight excluding hydrogens is 222 g/mol. The Kier molecular flexibility index (Phi) is 5.09. The molecule has 5 heteroatoms. The van der Waals surface area contributed by atoms with Crippen LogP contribution in [0.1, 0.15) is 17.2 Å². The first-order chi connectivity index (χ1) is 8.10. The van der Waals surface area contributed by atoms with E-state index in [4.69, 9.17) is 5.73 Å². The maximum atomic E-state index is 11.1. The fourth-order valence-electron chi connectivity index (χ4n) is 1.53. The zero-order valence-corrected chi connectivity index (χ0v) is 9.67. The first-order valence-electron chi connectivity index (χ1n) is 5.33. The molecule has 0 spiro atoms. The fraction of sp³-hybridized carbons (Fsp3) is 0.417. The van der Waals surface area contributed by atoms with E-state index in [9.17, 15) is 15.0 Å². The number of benzene rings is 1. The first-order valence-corrected chi connectivity index (χ1v) is 5.33. The highest BCUT2D eigenvalue weighted by atomic mass is 16.5. The van der Waals surface area contributed by atoms with Gasteiger partial charge in [-0.15, -0.1) is 0 Å². The van der Waals surface area contributed by atoms with E-state index in [2.05, 4.69) is 4.74 Å². The minimum Gasteiger partial charge on any atom is -0.467 e. The van der Waals surface area contributed by atoms with Crippen molar-refractivity contribution in [3.8, 4) is 0 Å². The van der Waals surface area contributed by atoms with Crippen molar-refractivity contribution in [2.75, 3.05) is 13.7 Å². The van der Waals surface area contributed by atoms with Gasteiger partial charge < -0.3 is 20.7 Å². The van der Waals surface area contributed by atoms with E-state index in [0.717, 1.165) is 12.7 Å². The molecule has 1 aromatic rings. The third kappa shape index (κ3) is 3.52. The molecule has 0 aliphatic rings. The maximum absolute atomic E-state index is 11.1. The summed E-state index contributed by atoms with van der Waals surface area (Å²) >= 11 is 0. The molecule has 0 aliphatic carbocycles. The van der Waals surface area contributed by atoms with Crippen LogP contribution >= 0.6 is 0 Å². The van der Waals surface area contributed by atoms with Crippen LogP contribution in [-0.2, 0) is 16.0 Å². The summed E-state index contributed by atoms with van der Waals surface area (Å²) in [5.74, 6) is -0.860. The summed E-state index contributed by atoms with van der Waals surface area (Å²) in [5, 5.41) is 19.3. The quantitative estimate of drug-likeness (QED) is 0.616. The standard InChI is InChI=1S/C12H17NO4/c1-17-12(16)11(15)10(14)9-4-2-3-8(7-9)5-6-13/h2-4,7,10-11,14-15H,5-6,13H2,1H3. The number of rotatable bonds is 5. The second kappa shape index (κ2) is 6.34. The van der Waals surface area contributed by atoms with Gasteiger partial charge in [0.05, 0.1) is 7.11 Å². The number of carbonyl (C=O) groups is 1.